The molecule has 4 rings (SSSR count). The number of aryl methyl sites for hydroxylation is 3. The molecule has 3 aromatic rings. The molecule has 1 unspecified atom stereocenters. The summed E-state index contributed by atoms with van der Waals surface area (Å²) in [6.07, 6.45) is -0.205. The zero-order valence-electron chi connectivity index (χ0n) is 18.9. The first-order chi connectivity index (χ1) is 15.7. The second-order valence-electron chi connectivity index (χ2n) is 8.47. The van der Waals surface area contributed by atoms with Gasteiger partial charge in [-0.3, -0.25) is 9.59 Å². The van der Waals surface area contributed by atoms with Crippen LogP contribution in [0.4, 0.5) is 5.69 Å². The standard InChI is InChI=1S/C26H26N2O4S/c1-18-4-10-21(11-5-18)17-27(33(31,32)23-14-8-20(3)9-15-23)24-16-25(29)28(26(24)30)22-12-6-19(2)7-13-22/h4-15,24H,16-17H2,1-3H3. The summed E-state index contributed by atoms with van der Waals surface area (Å²) in [4.78, 5) is 27.5. The van der Waals surface area contributed by atoms with Crippen molar-refractivity contribution >= 4 is 27.5 Å². The zero-order valence-corrected chi connectivity index (χ0v) is 19.7. The van der Waals surface area contributed by atoms with Crippen molar-refractivity contribution in [3.05, 3.63) is 95.1 Å². The predicted molar refractivity (Wildman–Crippen MR) is 127 cm³/mol. The molecule has 0 radical (unpaired) electrons. The van der Waals surface area contributed by atoms with Crippen molar-refractivity contribution in [3.8, 4) is 0 Å². The Labute approximate surface area is 194 Å². The fraction of sp³-hybridized carbons (Fsp3) is 0.231. The summed E-state index contributed by atoms with van der Waals surface area (Å²) in [6.45, 7) is 5.72. The van der Waals surface area contributed by atoms with Crippen LogP contribution in [0.15, 0.2) is 77.7 Å². The van der Waals surface area contributed by atoms with Crippen LogP contribution in [-0.4, -0.2) is 30.6 Å². The van der Waals surface area contributed by atoms with Crippen LogP contribution in [0.3, 0.4) is 0 Å². The first kappa shape index (κ1) is 22.9. The molecule has 0 bridgehead atoms. The van der Waals surface area contributed by atoms with E-state index < -0.39 is 27.9 Å². The van der Waals surface area contributed by atoms with Gasteiger partial charge in [0.15, 0.2) is 0 Å². The summed E-state index contributed by atoms with van der Waals surface area (Å²) in [5.41, 5.74) is 4.16. The van der Waals surface area contributed by atoms with Gasteiger partial charge in [0.1, 0.15) is 6.04 Å². The highest BCUT2D eigenvalue weighted by molar-refractivity contribution is 7.89. The van der Waals surface area contributed by atoms with Crippen molar-refractivity contribution in [2.24, 2.45) is 0 Å². The molecule has 6 nitrogen and oxygen atoms in total. The van der Waals surface area contributed by atoms with E-state index in [1.54, 1.807) is 24.3 Å². The number of sulfonamides is 1. The van der Waals surface area contributed by atoms with Crippen LogP contribution in [0.5, 0.6) is 0 Å². The lowest BCUT2D eigenvalue weighted by atomic mass is 10.1. The van der Waals surface area contributed by atoms with E-state index in [9.17, 15) is 18.0 Å². The highest BCUT2D eigenvalue weighted by Gasteiger charge is 2.46. The molecule has 1 atom stereocenters. The van der Waals surface area contributed by atoms with Gasteiger partial charge < -0.3 is 0 Å². The zero-order chi connectivity index (χ0) is 23.8. The van der Waals surface area contributed by atoms with Crippen molar-refractivity contribution in [1.29, 1.82) is 0 Å². The van der Waals surface area contributed by atoms with Gasteiger partial charge in [-0.2, -0.15) is 4.31 Å². The average Bonchev–Trinajstić information content (AvgIpc) is 3.07. The molecule has 170 valence electrons. The fourth-order valence-corrected chi connectivity index (χ4v) is 5.46. The smallest absolute Gasteiger partial charge is 0.252 e. The molecule has 0 spiro atoms. The Morgan fingerprint density at radius 2 is 1.27 bits per heavy atom. The van der Waals surface area contributed by atoms with E-state index in [0.717, 1.165) is 31.5 Å². The van der Waals surface area contributed by atoms with Gasteiger partial charge in [-0.15, -0.1) is 0 Å². The Bertz CT molecular complexity index is 1280. The fourth-order valence-electron chi connectivity index (χ4n) is 3.89. The number of rotatable bonds is 6. The summed E-state index contributed by atoms with van der Waals surface area (Å²) in [5.74, 6) is -0.950. The van der Waals surface area contributed by atoms with Gasteiger partial charge in [0.05, 0.1) is 17.0 Å². The van der Waals surface area contributed by atoms with Crippen molar-refractivity contribution in [1.82, 2.24) is 4.31 Å². The SMILES string of the molecule is Cc1ccc(CN(C2CC(=O)N(c3ccc(C)cc3)C2=O)S(=O)(=O)c2ccc(C)cc2)cc1. The van der Waals surface area contributed by atoms with Crippen LogP contribution < -0.4 is 4.90 Å². The molecule has 0 aliphatic carbocycles. The molecule has 1 aliphatic rings. The molecule has 1 heterocycles. The molecule has 33 heavy (non-hydrogen) atoms. The highest BCUT2D eigenvalue weighted by atomic mass is 32.2. The van der Waals surface area contributed by atoms with E-state index in [1.807, 2.05) is 57.2 Å². The van der Waals surface area contributed by atoms with Crippen LogP contribution in [-0.2, 0) is 26.2 Å². The van der Waals surface area contributed by atoms with Crippen LogP contribution in [0.25, 0.3) is 0 Å². The van der Waals surface area contributed by atoms with Gasteiger partial charge in [0, 0.05) is 6.54 Å². The van der Waals surface area contributed by atoms with Crippen molar-refractivity contribution in [2.45, 2.75) is 44.7 Å². The van der Waals surface area contributed by atoms with E-state index in [4.69, 9.17) is 0 Å². The molecule has 7 heteroatoms. The molecule has 1 aliphatic heterocycles. The first-order valence-corrected chi connectivity index (χ1v) is 12.2. The average molecular weight is 463 g/mol. The molecule has 0 N–H and O–H groups in total. The number of amides is 2. The Kier molecular flexibility index (Phi) is 6.19. The normalized spacial score (nSPS) is 16.6. The molecular weight excluding hydrogens is 436 g/mol. The van der Waals surface area contributed by atoms with E-state index >= 15 is 0 Å². The van der Waals surface area contributed by atoms with Gasteiger partial charge in [0.2, 0.25) is 15.9 Å². The van der Waals surface area contributed by atoms with E-state index in [0.29, 0.717) is 5.69 Å². The number of carbonyl (C=O) groups excluding carboxylic acids is 2. The van der Waals surface area contributed by atoms with Crippen molar-refractivity contribution in [3.63, 3.8) is 0 Å². The van der Waals surface area contributed by atoms with Crippen molar-refractivity contribution < 1.29 is 18.0 Å². The van der Waals surface area contributed by atoms with Crippen LogP contribution >= 0.6 is 0 Å². The van der Waals surface area contributed by atoms with E-state index in [-0.39, 0.29) is 17.9 Å². The Hall–Kier alpha value is -3.29. The molecule has 0 aromatic heterocycles. The number of hydrogen-bond acceptors (Lipinski definition) is 4. The summed E-state index contributed by atoms with van der Waals surface area (Å²) in [5, 5.41) is 0. The third-order valence-electron chi connectivity index (χ3n) is 5.85. The number of imide groups is 1. The molecule has 1 fully saturated rings. The monoisotopic (exact) mass is 462 g/mol. The second-order valence-corrected chi connectivity index (χ2v) is 10.4. The van der Waals surface area contributed by atoms with Gasteiger partial charge in [0.25, 0.3) is 5.91 Å². The minimum absolute atomic E-state index is 0.0120. The topological polar surface area (TPSA) is 74.8 Å². The number of benzene rings is 3. The van der Waals surface area contributed by atoms with Gasteiger partial charge in [-0.05, 0) is 50.6 Å². The maximum atomic E-state index is 13.7. The Morgan fingerprint density at radius 1 is 0.788 bits per heavy atom. The van der Waals surface area contributed by atoms with Gasteiger partial charge in [-0.1, -0.05) is 65.2 Å². The summed E-state index contributed by atoms with van der Waals surface area (Å²) in [6, 6.07) is 19.9. The third-order valence-corrected chi connectivity index (χ3v) is 7.72. The minimum Gasteiger partial charge on any atom is -0.274 e. The molecule has 0 saturated carbocycles. The number of anilines is 1. The largest absolute Gasteiger partial charge is 0.274 e. The Morgan fingerprint density at radius 3 is 1.82 bits per heavy atom. The number of hydrogen-bond donors (Lipinski definition) is 0. The molecule has 1 saturated heterocycles. The number of carbonyl (C=O) groups is 2. The number of nitrogens with zero attached hydrogens (tertiary/aromatic N) is 2. The van der Waals surface area contributed by atoms with Crippen LogP contribution in [0.1, 0.15) is 28.7 Å². The van der Waals surface area contributed by atoms with E-state index in [1.165, 1.54) is 12.1 Å². The maximum absolute atomic E-state index is 13.7. The summed E-state index contributed by atoms with van der Waals surface area (Å²) < 4.78 is 28.5. The molecule has 3 aromatic carbocycles. The third kappa shape index (κ3) is 4.60. The van der Waals surface area contributed by atoms with Gasteiger partial charge >= 0.3 is 0 Å². The molecular formula is C26H26N2O4S. The Balaban J connectivity index is 1.74. The molecule has 2 amide bonds. The van der Waals surface area contributed by atoms with Gasteiger partial charge in [-0.25, -0.2) is 13.3 Å². The first-order valence-electron chi connectivity index (χ1n) is 10.7. The lowest BCUT2D eigenvalue weighted by Gasteiger charge is -2.27. The second kappa shape index (κ2) is 8.92. The highest BCUT2D eigenvalue weighted by Crippen LogP contribution is 2.31. The minimum atomic E-state index is -4.04. The van der Waals surface area contributed by atoms with E-state index in [2.05, 4.69) is 0 Å². The van der Waals surface area contributed by atoms with Crippen molar-refractivity contribution in [2.75, 3.05) is 4.90 Å². The quantitative estimate of drug-likeness (QED) is 0.516. The summed E-state index contributed by atoms with van der Waals surface area (Å²) in [7, 11) is -4.04. The van der Waals surface area contributed by atoms with Crippen LogP contribution in [0.2, 0.25) is 0 Å². The summed E-state index contributed by atoms with van der Waals surface area (Å²) >= 11 is 0. The lowest BCUT2D eigenvalue weighted by Crippen LogP contribution is -2.45. The maximum Gasteiger partial charge on any atom is 0.252 e. The predicted octanol–water partition coefficient (Wildman–Crippen LogP) is 4.13. The van der Waals surface area contributed by atoms with Crippen LogP contribution in [0, 0.1) is 20.8 Å². The lowest BCUT2D eigenvalue weighted by molar-refractivity contribution is -0.122.